The van der Waals surface area contributed by atoms with Gasteiger partial charge in [-0.15, -0.1) is 0 Å². The highest BCUT2D eigenvalue weighted by atomic mass is 16.6. The fourth-order valence-corrected chi connectivity index (χ4v) is 9.79. The number of carbonyl (C=O) groups excluding carboxylic acids is 2. The first-order valence-corrected chi connectivity index (χ1v) is 26.5. The highest BCUT2D eigenvalue weighted by molar-refractivity contribution is 6.04. The van der Waals surface area contributed by atoms with Gasteiger partial charge in [-0.2, -0.15) is 4.98 Å². The number of rotatable bonds is 29. The number of ether oxygens (including phenoxy) is 6. The Labute approximate surface area is 451 Å². The van der Waals surface area contributed by atoms with Crippen molar-refractivity contribution in [1.82, 2.24) is 34.7 Å². The van der Waals surface area contributed by atoms with Crippen LogP contribution in [0.2, 0.25) is 0 Å². The molecule has 77 heavy (non-hydrogen) atoms. The van der Waals surface area contributed by atoms with Gasteiger partial charge in [-0.25, -0.2) is 15.0 Å². The zero-order valence-corrected chi connectivity index (χ0v) is 45.5. The van der Waals surface area contributed by atoms with E-state index >= 15 is 0 Å². The van der Waals surface area contributed by atoms with Gasteiger partial charge in [0.1, 0.15) is 23.2 Å². The minimum atomic E-state index is -0.268. The molecular weight excluding hydrogens is 983 g/mol. The Balaban J connectivity index is 0.655. The lowest BCUT2D eigenvalue weighted by atomic mass is 10.0. The molecule has 3 aromatic heterocycles. The van der Waals surface area contributed by atoms with Gasteiger partial charge in [-0.1, -0.05) is 38.0 Å². The number of fused-ring (bicyclic) bond motifs is 2. The van der Waals surface area contributed by atoms with Crippen molar-refractivity contribution >= 4 is 68.9 Å². The van der Waals surface area contributed by atoms with Crippen molar-refractivity contribution in [3.63, 3.8) is 0 Å². The number of para-hydroxylation sites is 1. The summed E-state index contributed by atoms with van der Waals surface area (Å²) >= 11 is 0. The molecule has 21 nitrogen and oxygen atoms in total. The second kappa shape index (κ2) is 27.1. The van der Waals surface area contributed by atoms with Crippen molar-refractivity contribution in [1.29, 1.82) is 0 Å². The van der Waals surface area contributed by atoms with Crippen molar-refractivity contribution in [3.8, 4) is 22.8 Å². The number of nitrogens with one attached hydrogen (secondary N) is 3. The minimum absolute atomic E-state index is 0.0634. The van der Waals surface area contributed by atoms with E-state index in [-0.39, 0.29) is 23.9 Å². The molecular formula is C56H75N13O8. The Hall–Kier alpha value is -7.30. The first-order valence-electron chi connectivity index (χ1n) is 26.5. The summed E-state index contributed by atoms with van der Waals surface area (Å²) in [5.74, 6) is 2.47. The number of carbonyl (C=O) groups is 2. The monoisotopic (exact) mass is 1060 g/mol. The normalized spacial score (nSPS) is 14.6. The number of nitrogens with zero attached hydrogens (tertiary/aromatic N) is 9. The fraction of sp³-hybridized carbons (Fsp3) is 0.464. The van der Waals surface area contributed by atoms with E-state index in [1.807, 2.05) is 51.4 Å². The van der Waals surface area contributed by atoms with Crippen molar-refractivity contribution in [2.24, 2.45) is 7.05 Å². The van der Waals surface area contributed by atoms with Crippen LogP contribution in [0.4, 0.5) is 46.2 Å². The SMILES string of the molecule is CC[C@@H]1C(=O)N(C)c2cnc(Nc3ccc(C(=O)NCCOCCOCCOCCOCCN(C)CCN(C)c4cc(OC)c(Nc5nccc(-c6cn(C)c7ccccc67)n5)cc4N)cc3OC)nc2N1C1CCCC1. The van der Waals surface area contributed by atoms with Crippen LogP contribution in [-0.2, 0) is 30.8 Å². The Kier molecular flexibility index (Phi) is 19.7. The van der Waals surface area contributed by atoms with Crippen LogP contribution < -0.4 is 45.9 Å². The van der Waals surface area contributed by atoms with Gasteiger partial charge in [0.2, 0.25) is 17.8 Å². The van der Waals surface area contributed by atoms with E-state index < -0.39 is 0 Å². The smallest absolute Gasteiger partial charge is 0.251 e. The molecule has 2 aliphatic rings. The number of likely N-dealkylation sites (N-methyl/N-ethyl adjacent to an activating group) is 3. The summed E-state index contributed by atoms with van der Waals surface area (Å²) in [6.45, 7) is 8.18. The molecule has 5 N–H and O–H groups in total. The molecule has 1 aliphatic carbocycles. The first kappa shape index (κ1) is 55.9. The van der Waals surface area contributed by atoms with Gasteiger partial charge in [0.25, 0.3) is 5.91 Å². The van der Waals surface area contributed by atoms with Crippen LogP contribution in [0.3, 0.4) is 0 Å². The number of aromatic nitrogens is 5. The molecule has 4 heterocycles. The quantitative estimate of drug-likeness (QED) is 0.0278. The summed E-state index contributed by atoms with van der Waals surface area (Å²) in [4.78, 5) is 53.3. The largest absolute Gasteiger partial charge is 0.495 e. The average molecular weight is 1060 g/mol. The third-order valence-electron chi connectivity index (χ3n) is 14.0. The summed E-state index contributed by atoms with van der Waals surface area (Å²) in [6, 6.07) is 19.1. The molecule has 1 fully saturated rings. The third kappa shape index (κ3) is 14.0. The maximum absolute atomic E-state index is 13.3. The van der Waals surface area contributed by atoms with Gasteiger partial charge in [0.05, 0.1) is 102 Å². The van der Waals surface area contributed by atoms with Crippen LogP contribution in [0.1, 0.15) is 49.4 Å². The highest BCUT2D eigenvalue weighted by Crippen LogP contribution is 2.41. The summed E-state index contributed by atoms with van der Waals surface area (Å²) in [5.41, 5.74) is 13.4. The van der Waals surface area contributed by atoms with Gasteiger partial charge < -0.3 is 74.3 Å². The molecule has 3 aromatic carbocycles. The first-order chi connectivity index (χ1) is 37.5. The van der Waals surface area contributed by atoms with Crippen LogP contribution in [0.15, 0.2) is 79.3 Å². The van der Waals surface area contributed by atoms with Gasteiger partial charge >= 0.3 is 0 Å². The van der Waals surface area contributed by atoms with Crippen molar-refractivity contribution in [2.45, 2.75) is 51.1 Å². The van der Waals surface area contributed by atoms with Gasteiger partial charge in [-0.05, 0) is 62.7 Å². The number of nitrogens with two attached hydrogens (primary N) is 1. The van der Waals surface area contributed by atoms with Crippen molar-refractivity contribution in [2.75, 3.05) is 145 Å². The maximum Gasteiger partial charge on any atom is 0.251 e. The predicted molar refractivity (Wildman–Crippen MR) is 302 cm³/mol. The lowest BCUT2D eigenvalue weighted by Gasteiger charge is -2.43. The van der Waals surface area contributed by atoms with E-state index in [2.05, 4.69) is 70.6 Å². The molecule has 0 saturated heterocycles. The van der Waals surface area contributed by atoms with Gasteiger partial charge in [0.15, 0.2) is 5.82 Å². The Morgan fingerprint density at radius 2 is 1.45 bits per heavy atom. The van der Waals surface area contributed by atoms with E-state index in [0.717, 1.165) is 79.0 Å². The second-order valence-corrected chi connectivity index (χ2v) is 19.2. The third-order valence-corrected chi connectivity index (χ3v) is 14.0. The molecule has 1 saturated carbocycles. The maximum atomic E-state index is 13.3. The molecule has 0 bridgehead atoms. The molecule has 2 amide bonds. The van der Waals surface area contributed by atoms with Crippen LogP contribution in [0, 0.1) is 0 Å². The van der Waals surface area contributed by atoms with E-state index in [9.17, 15) is 9.59 Å². The van der Waals surface area contributed by atoms with Crippen molar-refractivity contribution < 1.29 is 38.0 Å². The number of hydrogen-bond acceptors (Lipinski definition) is 18. The van der Waals surface area contributed by atoms with E-state index in [0.29, 0.717) is 118 Å². The molecule has 0 unspecified atom stereocenters. The van der Waals surface area contributed by atoms with E-state index in [1.54, 1.807) is 56.8 Å². The molecule has 1 aliphatic heterocycles. The van der Waals surface area contributed by atoms with Gasteiger partial charge in [0, 0.05) is 93.9 Å². The predicted octanol–water partition coefficient (Wildman–Crippen LogP) is 6.88. The molecule has 0 radical (unpaired) electrons. The Morgan fingerprint density at radius 1 is 0.779 bits per heavy atom. The van der Waals surface area contributed by atoms with Crippen LogP contribution >= 0.6 is 0 Å². The van der Waals surface area contributed by atoms with Gasteiger partial charge in [-0.3, -0.25) is 9.59 Å². The highest BCUT2D eigenvalue weighted by Gasteiger charge is 2.41. The Bertz CT molecular complexity index is 2920. The molecule has 21 heteroatoms. The number of amides is 2. The summed E-state index contributed by atoms with van der Waals surface area (Å²) in [5, 5.41) is 10.6. The number of aryl methyl sites for hydroxylation is 1. The lowest BCUT2D eigenvalue weighted by molar-refractivity contribution is -0.120. The molecule has 1 atom stereocenters. The molecule has 0 spiro atoms. The minimum Gasteiger partial charge on any atom is -0.495 e. The van der Waals surface area contributed by atoms with Crippen LogP contribution in [0.25, 0.3) is 22.2 Å². The average Bonchev–Trinajstić information content (AvgIpc) is 4.15. The zero-order chi connectivity index (χ0) is 54.3. The number of benzene rings is 3. The number of anilines is 8. The zero-order valence-electron chi connectivity index (χ0n) is 45.5. The van der Waals surface area contributed by atoms with Crippen LogP contribution in [0.5, 0.6) is 11.5 Å². The second-order valence-electron chi connectivity index (χ2n) is 19.2. The number of hydrogen-bond donors (Lipinski definition) is 4. The molecule has 8 rings (SSSR count). The number of methoxy groups -OCH3 is 2. The van der Waals surface area contributed by atoms with E-state index in [4.69, 9.17) is 44.1 Å². The summed E-state index contributed by atoms with van der Waals surface area (Å²) in [7, 11) is 11.1. The topological polar surface area (TPSA) is 221 Å². The van der Waals surface area contributed by atoms with E-state index in [1.165, 1.54) is 0 Å². The summed E-state index contributed by atoms with van der Waals surface area (Å²) < 4.78 is 36.3. The Morgan fingerprint density at radius 3 is 2.18 bits per heavy atom. The lowest BCUT2D eigenvalue weighted by Crippen LogP contribution is -2.55. The van der Waals surface area contributed by atoms with Crippen molar-refractivity contribution in [3.05, 3.63) is 84.8 Å². The summed E-state index contributed by atoms with van der Waals surface area (Å²) in [6.07, 6.45) is 10.6. The molecule has 412 valence electrons. The standard InChI is InChI=1S/C56H75N13O8/c1-8-46-54(71)68(5)49-36-60-56(64-52(49)69(46)39-13-9-10-14-39)62-44-18-17-38(33-50(44)72-6)53(70)58-21-25-74-27-29-76-31-32-77-30-28-75-26-24-65(2)22-23-66(3)48-35-51(73-7)45(34-42(48)57)63-55-59-20-19-43(61-55)41-37-67(4)47-16-12-11-15-40(41)47/h11-12,15-20,33-37,39,46H,8-10,13-14,21-32,57H2,1-7H3,(H,58,70)(H,59,61,63)(H,60,62,64)/t46-/m1/s1. The molecule has 6 aromatic rings. The van der Waals surface area contributed by atoms with Crippen LogP contribution in [-0.4, -0.2) is 168 Å². The fourth-order valence-electron chi connectivity index (χ4n) is 9.79. The number of nitrogen functional groups attached to an aromatic ring is 1.